The minimum Gasteiger partial charge on any atom is -0.496 e. The van der Waals surface area contributed by atoms with Gasteiger partial charge in [-0.3, -0.25) is 0 Å². The number of fused-ring (bicyclic) bond motifs is 1. The van der Waals surface area contributed by atoms with E-state index in [2.05, 4.69) is 4.98 Å². The van der Waals surface area contributed by atoms with E-state index in [9.17, 15) is 17.6 Å². The van der Waals surface area contributed by atoms with Crippen LogP contribution in [0.4, 0.5) is 9.18 Å². The minimum absolute atomic E-state index is 0.0813. The Labute approximate surface area is 250 Å². The van der Waals surface area contributed by atoms with Crippen molar-refractivity contribution >= 4 is 49.9 Å². The number of methoxy groups -OCH3 is 1. The van der Waals surface area contributed by atoms with Gasteiger partial charge < -0.3 is 14.4 Å². The number of hydrogen-bond donors (Lipinski definition) is 0. The molecule has 0 radical (unpaired) electrons. The van der Waals surface area contributed by atoms with Gasteiger partial charge in [-0.2, -0.15) is 0 Å². The zero-order chi connectivity index (χ0) is 30.4. The van der Waals surface area contributed by atoms with Crippen LogP contribution in [0.2, 0.25) is 0 Å². The molecule has 42 heavy (non-hydrogen) atoms. The molecule has 1 aliphatic heterocycles. The van der Waals surface area contributed by atoms with Crippen LogP contribution < -0.4 is 4.74 Å². The molecule has 0 N–H and O–H groups in total. The Bertz CT molecular complexity index is 1770. The Morgan fingerprint density at radius 1 is 1.17 bits per heavy atom. The highest BCUT2D eigenvalue weighted by Gasteiger charge is 2.43. The molecule has 8 nitrogen and oxygen atoms in total. The summed E-state index contributed by atoms with van der Waals surface area (Å²) in [4.78, 5) is 18.6. The summed E-state index contributed by atoms with van der Waals surface area (Å²) in [6.07, 6.45) is 6.71. The van der Waals surface area contributed by atoms with E-state index in [1.165, 1.54) is 35.4 Å². The third-order valence-electron chi connectivity index (χ3n) is 7.39. The monoisotopic (exact) mass is 613 g/mol. The first-order valence-electron chi connectivity index (χ1n) is 13.6. The molecule has 0 fully saturated rings. The number of amides is 1. The number of pyridine rings is 1. The lowest BCUT2D eigenvalue weighted by Crippen LogP contribution is -2.40. The highest BCUT2D eigenvalue weighted by atomic mass is 35.5. The summed E-state index contributed by atoms with van der Waals surface area (Å²) in [6, 6.07) is 9.49. The van der Waals surface area contributed by atoms with Crippen LogP contribution in [-0.4, -0.2) is 58.9 Å². The highest BCUT2D eigenvalue weighted by molar-refractivity contribution is 7.91. The fourth-order valence-electron chi connectivity index (χ4n) is 5.20. The molecule has 0 saturated heterocycles. The van der Waals surface area contributed by atoms with Crippen LogP contribution in [0.3, 0.4) is 0 Å². The van der Waals surface area contributed by atoms with Gasteiger partial charge in [-0.25, -0.2) is 26.6 Å². The van der Waals surface area contributed by atoms with Gasteiger partial charge in [-0.15, -0.1) is 0 Å². The van der Waals surface area contributed by atoms with E-state index in [1.54, 1.807) is 30.2 Å². The summed E-state index contributed by atoms with van der Waals surface area (Å²) in [5, 5.41) is 0.842. The van der Waals surface area contributed by atoms with Crippen molar-refractivity contribution < 1.29 is 27.1 Å². The van der Waals surface area contributed by atoms with Gasteiger partial charge in [-0.05, 0) is 94.2 Å². The average Bonchev–Trinajstić information content (AvgIpc) is 3.33. The number of carbonyl (C=O) groups is 1. The van der Waals surface area contributed by atoms with Crippen LogP contribution in [0, 0.1) is 5.82 Å². The van der Waals surface area contributed by atoms with Crippen LogP contribution in [0.5, 0.6) is 5.75 Å². The van der Waals surface area contributed by atoms with Gasteiger partial charge in [-0.1, -0.05) is 23.8 Å². The van der Waals surface area contributed by atoms with Crippen molar-refractivity contribution in [1.29, 1.82) is 0 Å². The largest absolute Gasteiger partial charge is 0.496 e. The van der Waals surface area contributed by atoms with Gasteiger partial charge in [0.05, 0.1) is 12.8 Å². The molecule has 1 aliphatic carbocycles. The minimum atomic E-state index is -4.14. The fourth-order valence-corrected chi connectivity index (χ4v) is 7.47. The standard InChI is InChI=1S/C31H33ClFN3O5S/c1-30(2,3)41-29(37)35-15-11-20(12-16-35)26-17-21-7-6-14-34-28(21)36(26)42(38,39)31(4)13-10-23(25(32)19-31)24-18-22(33)8-9-27(24)40-5/h6-11,14,17-19H,12-13,15-16H2,1-5H3. The number of nitrogens with zero attached hydrogens (tertiary/aromatic N) is 3. The maximum atomic E-state index is 14.5. The second kappa shape index (κ2) is 10.9. The van der Waals surface area contributed by atoms with E-state index in [-0.39, 0.29) is 18.0 Å². The molecule has 3 heterocycles. The SMILES string of the molecule is COc1ccc(F)cc1C1=CCC(C)(S(=O)(=O)n2c(C3=CCN(C(=O)OC(C)(C)C)CC3)cc3cccnc32)C=C1Cl. The molecule has 11 heteroatoms. The first-order chi connectivity index (χ1) is 19.7. The molecule has 1 aromatic carbocycles. The van der Waals surface area contributed by atoms with E-state index in [0.29, 0.717) is 46.6 Å². The molecule has 0 spiro atoms. The first kappa shape index (κ1) is 29.8. The summed E-state index contributed by atoms with van der Waals surface area (Å²) in [5.74, 6) is -0.0362. The van der Waals surface area contributed by atoms with E-state index in [4.69, 9.17) is 21.1 Å². The van der Waals surface area contributed by atoms with Gasteiger partial charge in [0.25, 0.3) is 0 Å². The molecule has 0 bridgehead atoms. The third-order valence-corrected chi connectivity index (χ3v) is 10.0. The molecule has 0 saturated carbocycles. The van der Waals surface area contributed by atoms with Gasteiger partial charge >= 0.3 is 6.09 Å². The van der Waals surface area contributed by atoms with Gasteiger partial charge in [0.2, 0.25) is 10.0 Å². The van der Waals surface area contributed by atoms with E-state index >= 15 is 0 Å². The molecule has 2 aliphatic rings. The van der Waals surface area contributed by atoms with Crippen LogP contribution >= 0.6 is 11.6 Å². The number of aromatic nitrogens is 2. The normalized spacial score (nSPS) is 19.7. The number of carbonyl (C=O) groups excluding carboxylic acids is 1. The predicted octanol–water partition coefficient (Wildman–Crippen LogP) is 6.75. The predicted molar refractivity (Wildman–Crippen MR) is 162 cm³/mol. The number of rotatable bonds is 5. The summed E-state index contributed by atoms with van der Waals surface area (Å²) in [5.41, 5.74) is 1.88. The number of benzene rings is 1. The van der Waals surface area contributed by atoms with Crippen LogP contribution in [0.1, 0.15) is 51.8 Å². The zero-order valence-corrected chi connectivity index (χ0v) is 25.7. The summed E-state index contributed by atoms with van der Waals surface area (Å²) < 4.78 is 53.9. The Hall–Kier alpha value is -3.63. The molecule has 1 amide bonds. The topological polar surface area (TPSA) is 90.7 Å². The Balaban J connectivity index is 1.53. The zero-order valence-electron chi connectivity index (χ0n) is 24.1. The van der Waals surface area contributed by atoms with Gasteiger partial charge in [0.15, 0.2) is 5.65 Å². The summed E-state index contributed by atoms with van der Waals surface area (Å²) >= 11 is 6.71. The lowest BCUT2D eigenvalue weighted by atomic mass is 9.92. The first-order valence-corrected chi connectivity index (χ1v) is 15.4. The van der Waals surface area contributed by atoms with Gasteiger partial charge in [0.1, 0.15) is 21.9 Å². The summed E-state index contributed by atoms with van der Waals surface area (Å²) in [6.45, 7) is 7.70. The van der Waals surface area contributed by atoms with Crippen molar-refractivity contribution in [3.05, 3.63) is 82.9 Å². The lowest BCUT2D eigenvalue weighted by Gasteiger charge is -2.32. The molecule has 3 aromatic rings. The Kier molecular flexibility index (Phi) is 7.74. The maximum Gasteiger partial charge on any atom is 0.410 e. The quantitative estimate of drug-likeness (QED) is 0.316. The van der Waals surface area contributed by atoms with Crippen molar-refractivity contribution in [2.75, 3.05) is 20.2 Å². The van der Waals surface area contributed by atoms with Crippen molar-refractivity contribution in [2.24, 2.45) is 0 Å². The van der Waals surface area contributed by atoms with E-state index in [0.717, 1.165) is 5.57 Å². The molecule has 222 valence electrons. The van der Waals surface area contributed by atoms with Crippen molar-refractivity contribution in [3.8, 4) is 5.75 Å². The van der Waals surface area contributed by atoms with Crippen molar-refractivity contribution in [3.63, 3.8) is 0 Å². The molecular weight excluding hydrogens is 581 g/mol. The number of allylic oxidation sites excluding steroid dienone is 3. The highest BCUT2D eigenvalue weighted by Crippen LogP contribution is 2.43. The average molecular weight is 614 g/mol. The molecule has 5 rings (SSSR count). The van der Waals surface area contributed by atoms with E-state index < -0.39 is 32.3 Å². The number of hydrogen-bond acceptors (Lipinski definition) is 6. The second-order valence-electron chi connectivity index (χ2n) is 11.6. The van der Waals surface area contributed by atoms with Crippen molar-refractivity contribution in [2.45, 2.75) is 50.9 Å². The molecule has 1 atom stereocenters. The van der Waals surface area contributed by atoms with Crippen LogP contribution in [0.15, 0.2) is 65.9 Å². The maximum absolute atomic E-state index is 14.5. The van der Waals surface area contributed by atoms with Crippen molar-refractivity contribution in [1.82, 2.24) is 13.9 Å². The third kappa shape index (κ3) is 5.45. The Morgan fingerprint density at radius 2 is 1.93 bits per heavy atom. The number of ether oxygens (including phenoxy) is 2. The smallest absolute Gasteiger partial charge is 0.410 e. The van der Waals surface area contributed by atoms with Crippen LogP contribution in [0.25, 0.3) is 22.2 Å². The summed E-state index contributed by atoms with van der Waals surface area (Å²) in [7, 11) is -2.67. The molecule has 2 aromatic heterocycles. The van der Waals surface area contributed by atoms with E-state index in [1.807, 2.05) is 39.0 Å². The van der Waals surface area contributed by atoms with Crippen LogP contribution in [-0.2, 0) is 14.8 Å². The second-order valence-corrected chi connectivity index (χ2v) is 14.2. The molecular formula is C31H33ClFN3O5S. The Morgan fingerprint density at radius 3 is 2.57 bits per heavy atom. The van der Waals surface area contributed by atoms with Gasteiger partial charge in [0, 0.05) is 35.3 Å². The lowest BCUT2D eigenvalue weighted by molar-refractivity contribution is 0.0270. The fraction of sp³-hybridized carbons (Fsp3) is 0.355. The molecule has 1 unspecified atom stereocenters. The number of halogens is 2.